The average Bonchev–Trinajstić information content (AvgIpc) is 2.80. The van der Waals surface area contributed by atoms with Crippen LogP contribution in [0.15, 0.2) is 83.7 Å². The van der Waals surface area contributed by atoms with E-state index in [0.29, 0.717) is 25.2 Å². The van der Waals surface area contributed by atoms with E-state index in [9.17, 15) is 9.59 Å². The molecule has 1 amide bonds. The molecule has 3 aromatic carbocycles. The van der Waals surface area contributed by atoms with E-state index < -0.39 is 0 Å². The van der Waals surface area contributed by atoms with Gasteiger partial charge in [0.05, 0.1) is 17.6 Å². The molecule has 4 aromatic rings. The highest BCUT2D eigenvalue weighted by Gasteiger charge is 2.13. The molecule has 0 aliphatic heterocycles. The minimum Gasteiger partial charge on any atom is -0.352 e. The molecule has 1 heterocycles. The monoisotopic (exact) mass is 411 g/mol. The van der Waals surface area contributed by atoms with Crippen LogP contribution in [0.3, 0.4) is 0 Å². The van der Waals surface area contributed by atoms with Gasteiger partial charge in [-0.05, 0) is 30.2 Å². The topological polar surface area (TPSA) is 64.0 Å². The van der Waals surface area contributed by atoms with Crippen molar-refractivity contribution in [3.8, 4) is 0 Å². The number of rotatable bonds is 7. The lowest BCUT2D eigenvalue weighted by atomic mass is 10.1. The third-order valence-corrected chi connectivity index (χ3v) is 5.30. The summed E-state index contributed by atoms with van der Waals surface area (Å²) >= 11 is 0. The highest BCUT2D eigenvalue weighted by atomic mass is 16.1. The second-order valence-electron chi connectivity index (χ2n) is 7.69. The lowest BCUT2D eigenvalue weighted by Crippen LogP contribution is -2.28. The zero-order chi connectivity index (χ0) is 21.6. The van der Waals surface area contributed by atoms with Crippen molar-refractivity contribution in [1.29, 1.82) is 0 Å². The van der Waals surface area contributed by atoms with Gasteiger partial charge in [-0.1, -0.05) is 72.3 Å². The van der Waals surface area contributed by atoms with Gasteiger partial charge in [-0.2, -0.15) is 0 Å². The molecule has 0 saturated heterocycles. The predicted octanol–water partition coefficient (Wildman–Crippen LogP) is 4.00. The van der Waals surface area contributed by atoms with Gasteiger partial charge in [0.1, 0.15) is 5.69 Å². The lowest BCUT2D eigenvalue weighted by molar-refractivity contribution is -0.121. The van der Waals surface area contributed by atoms with Crippen LogP contribution in [0.1, 0.15) is 28.8 Å². The smallest absolute Gasteiger partial charge is 0.273 e. The molecule has 4 rings (SSSR count). The van der Waals surface area contributed by atoms with Gasteiger partial charge in [-0.3, -0.25) is 9.59 Å². The molecule has 0 saturated carbocycles. The predicted molar refractivity (Wildman–Crippen MR) is 123 cm³/mol. The summed E-state index contributed by atoms with van der Waals surface area (Å²) in [7, 11) is 0. The Balaban J connectivity index is 1.53. The molecule has 0 spiro atoms. The minimum atomic E-state index is -0.143. The van der Waals surface area contributed by atoms with Crippen LogP contribution >= 0.6 is 0 Å². The minimum absolute atomic E-state index is 0.0942. The SMILES string of the molecule is Cc1ccc(Cn2c(=O)c(CCC(=O)NCc3ccccc3)nc3ccccc32)cc1. The van der Waals surface area contributed by atoms with Crippen LogP contribution in [0.4, 0.5) is 0 Å². The fourth-order valence-corrected chi connectivity index (χ4v) is 3.56. The first kappa shape index (κ1) is 20.5. The van der Waals surface area contributed by atoms with Gasteiger partial charge in [-0.25, -0.2) is 4.98 Å². The van der Waals surface area contributed by atoms with Crippen molar-refractivity contribution >= 4 is 16.9 Å². The molecule has 0 aliphatic rings. The number of amides is 1. The maximum Gasteiger partial charge on any atom is 0.273 e. The molecular formula is C26H25N3O2. The van der Waals surface area contributed by atoms with Crippen molar-refractivity contribution in [2.75, 3.05) is 0 Å². The number of fused-ring (bicyclic) bond motifs is 1. The summed E-state index contributed by atoms with van der Waals surface area (Å²) in [5.41, 5.74) is 5.10. The van der Waals surface area contributed by atoms with E-state index in [2.05, 4.69) is 10.3 Å². The zero-order valence-corrected chi connectivity index (χ0v) is 17.5. The molecule has 0 unspecified atom stereocenters. The molecule has 1 N–H and O–H groups in total. The summed E-state index contributed by atoms with van der Waals surface area (Å²) in [5, 5.41) is 2.91. The van der Waals surface area contributed by atoms with Crippen LogP contribution in [0.2, 0.25) is 0 Å². The van der Waals surface area contributed by atoms with E-state index in [-0.39, 0.29) is 17.9 Å². The highest BCUT2D eigenvalue weighted by molar-refractivity contribution is 5.77. The molecule has 31 heavy (non-hydrogen) atoms. The number of benzene rings is 3. The second kappa shape index (κ2) is 9.39. The maximum atomic E-state index is 13.2. The third kappa shape index (κ3) is 5.07. The van der Waals surface area contributed by atoms with Crippen molar-refractivity contribution in [1.82, 2.24) is 14.9 Å². The van der Waals surface area contributed by atoms with Gasteiger partial charge in [-0.15, -0.1) is 0 Å². The average molecular weight is 412 g/mol. The van der Waals surface area contributed by atoms with Gasteiger partial charge in [0, 0.05) is 19.4 Å². The molecular weight excluding hydrogens is 386 g/mol. The van der Waals surface area contributed by atoms with Crippen LogP contribution in [-0.4, -0.2) is 15.5 Å². The molecule has 5 heteroatoms. The Morgan fingerprint density at radius 3 is 2.39 bits per heavy atom. The van der Waals surface area contributed by atoms with E-state index in [0.717, 1.165) is 22.2 Å². The summed E-state index contributed by atoms with van der Waals surface area (Å²) in [6, 6.07) is 25.5. The van der Waals surface area contributed by atoms with Gasteiger partial charge in [0.15, 0.2) is 0 Å². The van der Waals surface area contributed by atoms with Crippen molar-refractivity contribution in [3.05, 3.63) is 112 Å². The Labute approximate surface area is 181 Å². The number of nitrogens with zero attached hydrogens (tertiary/aromatic N) is 2. The lowest BCUT2D eigenvalue weighted by Gasteiger charge is -2.13. The zero-order valence-electron chi connectivity index (χ0n) is 17.5. The number of hydrogen-bond acceptors (Lipinski definition) is 3. The number of nitrogens with one attached hydrogen (secondary N) is 1. The summed E-state index contributed by atoms with van der Waals surface area (Å²) in [4.78, 5) is 30.1. The van der Waals surface area contributed by atoms with E-state index >= 15 is 0 Å². The summed E-state index contributed by atoms with van der Waals surface area (Å²) in [5.74, 6) is -0.0942. The van der Waals surface area contributed by atoms with E-state index in [1.807, 2.05) is 85.8 Å². The number of hydrogen-bond donors (Lipinski definition) is 1. The number of carbonyl (C=O) groups is 1. The van der Waals surface area contributed by atoms with Crippen LogP contribution in [0.5, 0.6) is 0 Å². The summed E-state index contributed by atoms with van der Waals surface area (Å²) in [6.07, 6.45) is 0.524. The van der Waals surface area contributed by atoms with Crippen LogP contribution < -0.4 is 10.9 Å². The Morgan fingerprint density at radius 1 is 0.903 bits per heavy atom. The fraction of sp³-hybridized carbons (Fsp3) is 0.192. The summed E-state index contributed by atoms with van der Waals surface area (Å²) in [6.45, 7) is 2.98. The standard InChI is InChI=1S/C26H25N3O2/c1-19-11-13-21(14-12-19)18-29-24-10-6-5-9-22(24)28-23(26(29)31)15-16-25(30)27-17-20-7-3-2-4-8-20/h2-14H,15-18H2,1H3,(H,27,30). The van der Waals surface area contributed by atoms with Gasteiger partial charge >= 0.3 is 0 Å². The number of aromatic nitrogens is 2. The van der Waals surface area contributed by atoms with E-state index in [1.165, 1.54) is 5.56 Å². The van der Waals surface area contributed by atoms with Crippen molar-refractivity contribution < 1.29 is 4.79 Å². The van der Waals surface area contributed by atoms with Crippen molar-refractivity contribution in [2.45, 2.75) is 32.9 Å². The Kier molecular flexibility index (Phi) is 6.22. The fourth-order valence-electron chi connectivity index (χ4n) is 3.56. The first-order valence-electron chi connectivity index (χ1n) is 10.4. The molecule has 0 bridgehead atoms. The maximum absolute atomic E-state index is 13.2. The number of aryl methyl sites for hydroxylation is 2. The van der Waals surface area contributed by atoms with E-state index in [1.54, 1.807) is 4.57 Å². The molecule has 0 aliphatic carbocycles. The summed E-state index contributed by atoms with van der Waals surface area (Å²) < 4.78 is 1.75. The number of para-hydroxylation sites is 2. The van der Waals surface area contributed by atoms with E-state index in [4.69, 9.17) is 0 Å². The third-order valence-electron chi connectivity index (χ3n) is 5.30. The van der Waals surface area contributed by atoms with Gasteiger partial charge in [0.2, 0.25) is 5.91 Å². The molecule has 1 aromatic heterocycles. The van der Waals surface area contributed by atoms with Crippen LogP contribution in [0, 0.1) is 6.92 Å². The first-order valence-corrected chi connectivity index (χ1v) is 10.4. The van der Waals surface area contributed by atoms with Gasteiger partial charge < -0.3 is 9.88 Å². The largest absolute Gasteiger partial charge is 0.352 e. The Bertz CT molecular complexity index is 1250. The Morgan fingerprint density at radius 2 is 1.61 bits per heavy atom. The molecule has 5 nitrogen and oxygen atoms in total. The molecule has 0 fully saturated rings. The second-order valence-corrected chi connectivity index (χ2v) is 7.69. The van der Waals surface area contributed by atoms with Gasteiger partial charge in [0.25, 0.3) is 5.56 Å². The normalized spacial score (nSPS) is 10.9. The van der Waals surface area contributed by atoms with Crippen LogP contribution in [0.25, 0.3) is 11.0 Å². The van der Waals surface area contributed by atoms with Crippen molar-refractivity contribution in [3.63, 3.8) is 0 Å². The van der Waals surface area contributed by atoms with Crippen LogP contribution in [-0.2, 0) is 24.3 Å². The highest BCUT2D eigenvalue weighted by Crippen LogP contribution is 2.13. The van der Waals surface area contributed by atoms with Crippen molar-refractivity contribution in [2.24, 2.45) is 0 Å². The quantitative estimate of drug-likeness (QED) is 0.500. The number of carbonyl (C=O) groups excluding carboxylic acids is 1. The molecule has 156 valence electrons. The molecule has 0 atom stereocenters. The molecule has 0 radical (unpaired) electrons. The first-order chi connectivity index (χ1) is 15.1. The Hall–Kier alpha value is -3.73.